The topological polar surface area (TPSA) is 59.3 Å². The van der Waals surface area contributed by atoms with E-state index in [1.54, 1.807) is 6.20 Å². The minimum Gasteiger partial charge on any atom is -0.296 e. The lowest BCUT2D eigenvalue weighted by atomic mass is 10.4. The molecule has 0 atom stereocenters. The number of rotatable bonds is 2. The molecule has 3 aromatic rings. The highest BCUT2D eigenvalue weighted by Gasteiger charge is 2.14. The Morgan fingerprint density at radius 1 is 1.32 bits per heavy atom. The summed E-state index contributed by atoms with van der Waals surface area (Å²) >= 11 is 3.00. The Morgan fingerprint density at radius 2 is 2.11 bits per heavy atom. The number of anilines is 1. The van der Waals surface area contributed by atoms with Gasteiger partial charge in [0.05, 0.1) is 5.69 Å². The van der Waals surface area contributed by atoms with Crippen LogP contribution in [0.1, 0.15) is 26.8 Å². The van der Waals surface area contributed by atoms with Crippen molar-refractivity contribution in [3.63, 3.8) is 0 Å². The molecule has 3 aromatic heterocycles. The van der Waals surface area contributed by atoms with E-state index in [0.29, 0.717) is 10.8 Å². The first-order chi connectivity index (χ1) is 9.04. The van der Waals surface area contributed by atoms with Crippen LogP contribution in [0.3, 0.4) is 0 Å². The third kappa shape index (κ3) is 2.15. The van der Waals surface area contributed by atoms with Gasteiger partial charge >= 0.3 is 0 Å². The van der Waals surface area contributed by atoms with E-state index in [4.69, 9.17) is 0 Å². The smallest absolute Gasteiger partial charge is 0.277 e. The summed E-state index contributed by atoms with van der Waals surface area (Å²) in [5, 5.41) is 5.42. The summed E-state index contributed by atoms with van der Waals surface area (Å²) in [4.78, 5) is 22.6. The maximum absolute atomic E-state index is 12.1. The highest BCUT2D eigenvalue weighted by molar-refractivity contribution is 7.16. The Bertz CT molecular complexity index is 748. The largest absolute Gasteiger partial charge is 0.296 e. The number of carbonyl (C=O) groups is 1. The van der Waals surface area contributed by atoms with Gasteiger partial charge in [-0.3, -0.25) is 14.5 Å². The van der Waals surface area contributed by atoms with Crippen molar-refractivity contribution in [2.75, 3.05) is 5.32 Å². The van der Waals surface area contributed by atoms with Crippen LogP contribution in [0.15, 0.2) is 11.6 Å². The standard InChI is InChI=1S/C12H12N4OS2/c1-6-5-18-12-14-9(4-16(6)12)10(17)15-11-13-7(2)8(3)19-11/h4-5H,1-3H3,(H,13,15,17). The van der Waals surface area contributed by atoms with Crippen LogP contribution in [0, 0.1) is 20.8 Å². The van der Waals surface area contributed by atoms with E-state index in [0.717, 1.165) is 21.2 Å². The fourth-order valence-electron chi connectivity index (χ4n) is 1.69. The summed E-state index contributed by atoms with van der Waals surface area (Å²) in [7, 11) is 0. The van der Waals surface area contributed by atoms with Gasteiger partial charge in [0.2, 0.25) is 0 Å². The normalized spacial score (nSPS) is 11.1. The zero-order valence-corrected chi connectivity index (χ0v) is 12.4. The molecule has 5 nitrogen and oxygen atoms in total. The van der Waals surface area contributed by atoms with Crippen LogP contribution in [0.25, 0.3) is 4.96 Å². The van der Waals surface area contributed by atoms with Gasteiger partial charge < -0.3 is 0 Å². The average Bonchev–Trinajstić information content (AvgIpc) is 2.99. The fraction of sp³-hybridized carbons (Fsp3) is 0.250. The molecule has 0 radical (unpaired) electrons. The number of nitrogens with zero attached hydrogens (tertiary/aromatic N) is 3. The first-order valence-electron chi connectivity index (χ1n) is 5.73. The summed E-state index contributed by atoms with van der Waals surface area (Å²) in [5.41, 5.74) is 2.44. The number of amides is 1. The quantitative estimate of drug-likeness (QED) is 0.790. The Morgan fingerprint density at radius 3 is 2.74 bits per heavy atom. The van der Waals surface area contributed by atoms with Crippen molar-refractivity contribution in [3.8, 4) is 0 Å². The summed E-state index contributed by atoms with van der Waals surface area (Å²) < 4.78 is 1.91. The van der Waals surface area contributed by atoms with Crippen LogP contribution in [-0.2, 0) is 0 Å². The molecule has 0 aliphatic rings. The second-order valence-electron chi connectivity index (χ2n) is 4.27. The number of carbonyl (C=O) groups excluding carboxylic acids is 1. The van der Waals surface area contributed by atoms with Gasteiger partial charge in [-0.15, -0.1) is 22.7 Å². The number of hydrogen-bond acceptors (Lipinski definition) is 5. The molecule has 0 unspecified atom stereocenters. The van der Waals surface area contributed by atoms with Crippen molar-refractivity contribution in [1.82, 2.24) is 14.4 Å². The van der Waals surface area contributed by atoms with Crippen LogP contribution in [0.4, 0.5) is 5.13 Å². The van der Waals surface area contributed by atoms with E-state index in [1.165, 1.54) is 22.7 Å². The highest BCUT2D eigenvalue weighted by Crippen LogP contribution is 2.22. The second-order valence-corrected chi connectivity index (χ2v) is 6.31. The van der Waals surface area contributed by atoms with Gasteiger partial charge in [-0.25, -0.2) is 9.97 Å². The van der Waals surface area contributed by atoms with Crippen molar-refractivity contribution in [2.45, 2.75) is 20.8 Å². The second kappa shape index (κ2) is 4.43. The molecule has 3 rings (SSSR count). The van der Waals surface area contributed by atoms with E-state index >= 15 is 0 Å². The maximum Gasteiger partial charge on any atom is 0.277 e. The molecule has 0 saturated carbocycles. The number of nitrogens with one attached hydrogen (secondary N) is 1. The number of imidazole rings is 1. The molecule has 1 amide bonds. The molecule has 0 fully saturated rings. The summed E-state index contributed by atoms with van der Waals surface area (Å²) in [6.45, 7) is 5.90. The molecule has 3 heterocycles. The molecular formula is C12H12N4OS2. The number of aromatic nitrogens is 3. The monoisotopic (exact) mass is 292 g/mol. The number of aryl methyl sites for hydroxylation is 3. The van der Waals surface area contributed by atoms with Gasteiger partial charge in [0.1, 0.15) is 5.69 Å². The molecule has 1 N–H and O–H groups in total. The number of fused-ring (bicyclic) bond motifs is 1. The van der Waals surface area contributed by atoms with E-state index < -0.39 is 0 Å². The predicted octanol–water partition coefficient (Wildman–Crippen LogP) is 3.03. The molecular weight excluding hydrogens is 280 g/mol. The van der Waals surface area contributed by atoms with Crippen LogP contribution in [0.5, 0.6) is 0 Å². The van der Waals surface area contributed by atoms with Crippen LogP contribution >= 0.6 is 22.7 Å². The number of thiazole rings is 2. The molecule has 0 aromatic carbocycles. The Hall–Kier alpha value is -1.73. The predicted molar refractivity (Wildman–Crippen MR) is 77.3 cm³/mol. The van der Waals surface area contributed by atoms with Gasteiger partial charge in [0.25, 0.3) is 5.91 Å². The zero-order chi connectivity index (χ0) is 13.6. The molecule has 98 valence electrons. The first-order valence-corrected chi connectivity index (χ1v) is 7.43. The van der Waals surface area contributed by atoms with Crippen molar-refractivity contribution in [2.24, 2.45) is 0 Å². The SMILES string of the molecule is Cc1nc(NC(=O)c2cn3c(C)csc3n2)sc1C. The zero-order valence-electron chi connectivity index (χ0n) is 10.7. The van der Waals surface area contributed by atoms with E-state index in [9.17, 15) is 4.79 Å². The van der Waals surface area contributed by atoms with E-state index in [-0.39, 0.29) is 5.91 Å². The van der Waals surface area contributed by atoms with Crippen LogP contribution in [0.2, 0.25) is 0 Å². The minimum atomic E-state index is -0.218. The minimum absolute atomic E-state index is 0.218. The van der Waals surface area contributed by atoms with Gasteiger partial charge in [-0.05, 0) is 20.8 Å². The molecule has 0 aliphatic heterocycles. The molecule has 7 heteroatoms. The maximum atomic E-state index is 12.1. The lowest BCUT2D eigenvalue weighted by Gasteiger charge is -1.96. The summed E-state index contributed by atoms with van der Waals surface area (Å²) in [5.74, 6) is -0.218. The van der Waals surface area contributed by atoms with Gasteiger partial charge in [-0.2, -0.15) is 0 Å². The Balaban J connectivity index is 1.87. The third-order valence-corrected chi connectivity index (χ3v) is 4.82. The molecule has 0 saturated heterocycles. The molecule has 19 heavy (non-hydrogen) atoms. The van der Waals surface area contributed by atoms with Crippen molar-refractivity contribution < 1.29 is 4.79 Å². The van der Waals surface area contributed by atoms with Crippen molar-refractivity contribution in [1.29, 1.82) is 0 Å². The van der Waals surface area contributed by atoms with Gasteiger partial charge in [0.15, 0.2) is 10.1 Å². The van der Waals surface area contributed by atoms with Crippen LogP contribution < -0.4 is 5.32 Å². The molecule has 0 spiro atoms. The van der Waals surface area contributed by atoms with Crippen LogP contribution in [-0.4, -0.2) is 20.3 Å². The average molecular weight is 292 g/mol. The van der Waals surface area contributed by atoms with Crippen molar-refractivity contribution in [3.05, 3.63) is 33.5 Å². The van der Waals surface area contributed by atoms with E-state index in [1.807, 2.05) is 30.6 Å². The summed E-state index contributed by atoms with van der Waals surface area (Å²) in [6, 6.07) is 0. The van der Waals surface area contributed by atoms with E-state index in [2.05, 4.69) is 15.3 Å². The molecule has 0 bridgehead atoms. The Kier molecular flexibility index (Phi) is 2.87. The fourth-order valence-corrected chi connectivity index (χ4v) is 3.35. The highest BCUT2D eigenvalue weighted by atomic mass is 32.1. The molecule has 0 aliphatic carbocycles. The van der Waals surface area contributed by atoms with Gasteiger partial charge in [-0.1, -0.05) is 0 Å². The lowest BCUT2D eigenvalue weighted by molar-refractivity contribution is 0.102. The summed E-state index contributed by atoms with van der Waals surface area (Å²) in [6.07, 6.45) is 1.75. The number of hydrogen-bond donors (Lipinski definition) is 1. The lowest BCUT2D eigenvalue weighted by Crippen LogP contribution is -2.12. The first kappa shape index (κ1) is 12.3. The van der Waals surface area contributed by atoms with Gasteiger partial charge in [0, 0.05) is 22.1 Å². The van der Waals surface area contributed by atoms with Crippen molar-refractivity contribution >= 4 is 38.7 Å². The third-order valence-electron chi connectivity index (χ3n) is 2.87. The Labute approximate surface area is 117 Å².